The van der Waals surface area contributed by atoms with Crippen LogP contribution in [0.2, 0.25) is 0 Å². The van der Waals surface area contributed by atoms with E-state index in [2.05, 4.69) is 18.7 Å². The number of hydrogen-bond donors (Lipinski definition) is 0. The molecule has 0 spiro atoms. The van der Waals surface area contributed by atoms with Gasteiger partial charge in [-0.25, -0.2) is 8.42 Å². The molecule has 2 fully saturated rings. The summed E-state index contributed by atoms with van der Waals surface area (Å²) in [4.78, 5) is 2.05. The minimum Gasteiger partial charge on any atom is -0.305 e. The molecular formula is C9H17NO2S. The molecule has 0 N–H and O–H groups in total. The van der Waals surface area contributed by atoms with Gasteiger partial charge in [0.2, 0.25) is 0 Å². The van der Waals surface area contributed by atoms with Gasteiger partial charge in [-0.05, 0) is 25.4 Å². The Bertz CT molecular complexity index is 332. The Kier molecular flexibility index (Phi) is 1.66. The molecule has 4 heteroatoms. The van der Waals surface area contributed by atoms with Gasteiger partial charge in [-0.1, -0.05) is 13.8 Å². The third-order valence-corrected chi connectivity index (χ3v) is 6.05. The maximum absolute atomic E-state index is 11.5. The second-order valence-corrected chi connectivity index (χ2v) is 7.33. The highest BCUT2D eigenvalue weighted by molar-refractivity contribution is 7.93. The zero-order chi connectivity index (χ0) is 10.0. The molecule has 0 aromatic carbocycles. The fourth-order valence-electron chi connectivity index (χ4n) is 3.12. The van der Waals surface area contributed by atoms with Gasteiger partial charge in [0.25, 0.3) is 0 Å². The van der Waals surface area contributed by atoms with Crippen LogP contribution in [0.25, 0.3) is 0 Å². The minimum absolute atomic E-state index is 0.0718. The van der Waals surface area contributed by atoms with E-state index in [0.717, 1.165) is 0 Å². The lowest BCUT2D eigenvalue weighted by Crippen LogP contribution is -2.77. The van der Waals surface area contributed by atoms with Crippen molar-refractivity contribution in [3.05, 3.63) is 0 Å². The van der Waals surface area contributed by atoms with E-state index in [1.54, 1.807) is 0 Å². The fourth-order valence-corrected chi connectivity index (χ4v) is 6.06. The van der Waals surface area contributed by atoms with E-state index < -0.39 is 9.84 Å². The molecule has 1 saturated carbocycles. The van der Waals surface area contributed by atoms with Crippen LogP contribution < -0.4 is 0 Å². The third-order valence-electron chi connectivity index (χ3n) is 3.81. The maximum Gasteiger partial charge on any atom is 0.155 e. The van der Waals surface area contributed by atoms with Crippen molar-refractivity contribution in [1.82, 2.24) is 4.90 Å². The highest BCUT2D eigenvalue weighted by Crippen LogP contribution is 2.58. The summed E-state index contributed by atoms with van der Waals surface area (Å²) in [5.41, 5.74) is 0.180. The Morgan fingerprint density at radius 2 is 1.85 bits per heavy atom. The van der Waals surface area contributed by atoms with Crippen molar-refractivity contribution < 1.29 is 8.42 Å². The Hall–Kier alpha value is -0.0900. The number of fused-ring (bicyclic) bond motifs is 1. The van der Waals surface area contributed by atoms with Gasteiger partial charge in [-0.3, -0.25) is 0 Å². The summed E-state index contributed by atoms with van der Waals surface area (Å²) in [6.45, 7) is 4.35. The molecular weight excluding hydrogens is 186 g/mol. The molecule has 0 radical (unpaired) electrons. The first-order valence-corrected chi connectivity index (χ1v) is 6.38. The summed E-state index contributed by atoms with van der Waals surface area (Å²) in [7, 11) is 1.21. The Labute approximate surface area is 80.0 Å². The normalized spacial score (nSPS) is 44.8. The lowest BCUT2D eigenvalue weighted by molar-refractivity contribution is -0.0397. The van der Waals surface area contributed by atoms with Gasteiger partial charge in [0.15, 0.2) is 9.84 Å². The number of nitrogens with zero attached hydrogens (tertiary/aromatic N) is 1. The largest absolute Gasteiger partial charge is 0.305 e. The molecule has 3 atom stereocenters. The molecule has 76 valence electrons. The van der Waals surface area contributed by atoms with Gasteiger partial charge in [-0.15, -0.1) is 0 Å². The molecule has 2 rings (SSSR count). The quantitative estimate of drug-likeness (QED) is 0.618. The van der Waals surface area contributed by atoms with Crippen molar-refractivity contribution >= 4 is 9.84 Å². The average molecular weight is 203 g/mol. The first-order valence-electron chi connectivity index (χ1n) is 4.66. The SMILES string of the molecule is CN(C)[C@H]1[C@H]2[C@@H](CS2(=O)=O)C1(C)C. The lowest BCUT2D eigenvalue weighted by Gasteiger charge is -2.65. The van der Waals surface area contributed by atoms with E-state index in [1.165, 1.54) is 0 Å². The first-order chi connectivity index (χ1) is 5.78. The number of sulfone groups is 1. The molecule has 0 unspecified atom stereocenters. The molecule has 1 saturated heterocycles. The minimum atomic E-state index is -2.73. The molecule has 1 heterocycles. The lowest BCUT2D eigenvalue weighted by atomic mass is 9.57. The molecule has 2 aliphatic rings. The summed E-state index contributed by atoms with van der Waals surface area (Å²) in [5.74, 6) is 0.819. The molecule has 1 aliphatic carbocycles. The van der Waals surface area contributed by atoms with Crippen LogP contribution in [0, 0.1) is 11.3 Å². The number of hydrogen-bond acceptors (Lipinski definition) is 3. The van der Waals surface area contributed by atoms with Crippen molar-refractivity contribution in [3.63, 3.8) is 0 Å². The second-order valence-electron chi connectivity index (χ2n) is 5.13. The molecule has 3 nitrogen and oxygen atoms in total. The first kappa shape index (κ1) is 9.46. The molecule has 0 bridgehead atoms. The predicted octanol–water partition coefficient (Wildman–Crippen LogP) is 0.370. The zero-order valence-corrected chi connectivity index (χ0v) is 9.43. The number of rotatable bonds is 1. The third kappa shape index (κ3) is 0.960. The average Bonchev–Trinajstić information content (AvgIpc) is 1.94. The molecule has 0 aromatic heterocycles. The highest BCUT2D eigenvalue weighted by atomic mass is 32.2. The Morgan fingerprint density at radius 3 is 2.15 bits per heavy atom. The van der Waals surface area contributed by atoms with Gasteiger partial charge < -0.3 is 4.90 Å². The van der Waals surface area contributed by atoms with Gasteiger partial charge in [-0.2, -0.15) is 0 Å². The summed E-state index contributed by atoms with van der Waals surface area (Å²) in [5, 5.41) is -0.0718. The topological polar surface area (TPSA) is 37.4 Å². The van der Waals surface area contributed by atoms with Crippen LogP contribution in [0.3, 0.4) is 0 Å². The van der Waals surface area contributed by atoms with E-state index in [1.807, 2.05) is 14.1 Å². The highest BCUT2D eigenvalue weighted by Gasteiger charge is 2.69. The van der Waals surface area contributed by atoms with Crippen molar-refractivity contribution in [3.8, 4) is 0 Å². The van der Waals surface area contributed by atoms with E-state index in [9.17, 15) is 8.42 Å². The van der Waals surface area contributed by atoms with Crippen LogP contribution in [-0.4, -0.2) is 44.5 Å². The smallest absolute Gasteiger partial charge is 0.155 e. The second kappa shape index (κ2) is 2.28. The summed E-state index contributed by atoms with van der Waals surface area (Å²) < 4.78 is 22.9. The molecule has 1 aliphatic heterocycles. The van der Waals surface area contributed by atoms with Crippen LogP contribution in [0.15, 0.2) is 0 Å². The van der Waals surface area contributed by atoms with Crippen LogP contribution in [0.4, 0.5) is 0 Å². The molecule has 0 amide bonds. The zero-order valence-electron chi connectivity index (χ0n) is 8.61. The van der Waals surface area contributed by atoms with E-state index >= 15 is 0 Å². The van der Waals surface area contributed by atoms with Crippen LogP contribution >= 0.6 is 0 Å². The summed E-state index contributed by atoms with van der Waals surface area (Å²) in [6, 6.07) is 0.219. The van der Waals surface area contributed by atoms with Gasteiger partial charge in [0.1, 0.15) is 0 Å². The van der Waals surface area contributed by atoms with Crippen LogP contribution in [-0.2, 0) is 9.84 Å². The monoisotopic (exact) mass is 203 g/mol. The van der Waals surface area contributed by atoms with E-state index in [4.69, 9.17) is 0 Å². The molecule has 13 heavy (non-hydrogen) atoms. The van der Waals surface area contributed by atoms with Crippen LogP contribution in [0.1, 0.15) is 13.8 Å². The van der Waals surface area contributed by atoms with Crippen molar-refractivity contribution in [1.29, 1.82) is 0 Å². The summed E-state index contributed by atoms with van der Waals surface area (Å²) >= 11 is 0. The Balaban J connectivity index is 2.28. The van der Waals surface area contributed by atoms with Gasteiger partial charge in [0.05, 0.1) is 11.0 Å². The standard InChI is InChI=1S/C9H17NO2S/c1-9(2)6-5-13(11,12)7(6)8(9)10(3)4/h6-8H,5H2,1-4H3/t6-,7-,8+/m1/s1. The predicted molar refractivity (Wildman–Crippen MR) is 52.3 cm³/mol. The molecule has 0 aromatic rings. The van der Waals surface area contributed by atoms with Crippen molar-refractivity contribution in [2.24, 2.45) is 11.3 Å². The van der Waals surface area contributed by atoms with Crippen molar-refractivity contribution in [2.75, 3.05) is 19.8 Å². The van der Waals surface area contributed by atoms with Crippen molar-refractivity contribution in [2.45, 2.75) is 25.1 Å². The van der Waals surface area contributed by atoms with Crippen LogP contribution in [0.5, 0.6) is 0 Å². The van der Waals surface area contributed by atoms with E-state index in [0.29, 0.717) is 11.7 Å². The fraction of sp³-hybridized carbons (Fsp3) is 1.00. The van der Waals surface area contributed by atoms with Gasteiger partial charge in [0, 0.05) is 6.04 Å². The maximum atomic E-state index is 11.5. The van der Waals surface area contributed by atoms with E-state index in [-0.39, 0.29) is 16.7 Å². The Morgan fingerprint density at radius 1 is 1.31 bits per heavy atom. The van der Waals surface area contributed by atoms with Gasteiger partial charge >= 0.3 is 0 Å². The summed E-state index contributed by atoms with van der Waals surface area (Å²) in [6.07, 6.45) is 0.